The summed E-state index contributed by atoms with van der Waals surface area (Å²) in [4.78, 5) is 0. The summed E-state index contributed by atoms with van der Waals surface area (Å²) in [6, 6.07) is 2.16. The first kappa shape index (κ1) is 12.9. The zero-order valence-electron chi connectivity index (χ0n) is 8.15. The monoisotopic (exact) mass is 263 g/mol. The first-order valence-corrected chi connectivity index (χ1v) is 4.82. The Kier molecular flexibility index (Phi) is 4.97. The van der Waals surface area contributed by atoms with Gasteiger partial charge in [0.05, 0.1) is 0 Å². The average molecular weight is 265 g/mol. The van der Waals surface area contributed by atoms with Gasteiger partial charge >= 0.3 is 0 Å². The first-order valence-electron chi connectivity index (χ1n) is 4.03. The molecule has 13 heavy (non-hydrogen) atoms. The van der Waals surface area contributed by atoms with Crippen molar-refractivity contribution >= 4 is 28.3 Å². The fourth-order valence-electron chi connectivity index (χ4n) is 1.29. The highest BCUT2D eigenvalue weighted by Gasteiger charge is 2.06. The van der Waals surface area contributed by atoms with Crippen molar-refractivity contribution in [2.75, 3.05) is 0 Å². The van der Waals surface area contributed by atoms with Crippen LogP contribution in [0.5, 0.6) is 0 Å². The Morgan fingerprint density at radius 3 is 2.23 bits per heavy atom. The third-order valence-corrected chi connectivity index (χ3v) is 3.53. The number of halogens is 2. The lowest BCUT2D eigenvalue weighted by Gasteiger charge is -2.11. The molecular formula is C10H15BrClN. The van der Waals surface area contributed by atoms with Crippen molar-refractivity contribution in [1.29, 1.82) is 0 Å². The fraction of sp³-hybridized carbons (Fsp3) is 0.400. The molecule has 0 fully saturated rings. The summed E-state index contributed by atoms with van der Waals surface area (Å²) in [5.41, 5.74) is 10.7. The number of benzene rings is 1. The summed E-state index contributed by atoms with van der Waals surface area (Å²) < 4.78 is 1.20. The maximum atomic E-state index is 5.62. The Balaban J connectivity index is 0.00000144. The van der Waals surface area contributed by atoms with Crippen molar-refractivity contribution in [3.8, 4) is 0 Å². The lowest BCUT2D eigenvalue weighted by molar-refractivity contribution is 1.03. The Morgan fingerprint density at radius 2 is 1.77 bits per heavy atom. The normalized spacial score (nSPS) is 9.62. The molecule has 1 aromatic carbocycles. The van der Waals surface area contributed by atoms with E-state index in [1.54, 1.807) is 0 Å². The predicted octanol–water partition coefficient (Wildman–Crippen LogP) is 3.25. The van der Waals surface area contributed by atoms with Crippen molar-refractivity contribution in [1.82, 2.24) is 0 Å². The Bertz CT molecular complexity index is 310. The molecule has 1 aromatic rings. The number of rotatable bonds is 1. The quantitative estimate of drug-likeness (QED) is 0.828. The summed E-state index contributed by atoms with van der Waals surface area (Å²) in [7, 11) is 0. The molecule has 74 valence electrons. The fourth-order valence-corrected chi connectivity index (χ4v) is 1.85. The van der Waals surface area contributed by atoms with Crippen LogP contribution < -0.4 is 5.73 Å². The molecule has 0 radical (unpaired) electrons. The van der Waals surface area contributed by atoms with Gasteiger partial charge < -0.3 is 5.73 Å². The topological polar surface area (TPSA) is 26.0 Å². The zero-order chi connectivity index (χ0) is 9.30. The average Bonchev–Trinajstić information content (AvgIpc) is 2.08. The minimum atomic E-state index is 0. The van der Waals surface area contributed by atoms with Crippen LogP contribution in [-0.4, -0.2) is 0 Å². The van der Waals surface area contributed by atoms with Crippen LogP contribution in [0.4, 0.5) is 0 Å². The van der Waals surface area contributed by atoms with E-state index in [-0.39, 0.29) is 12.4 Å². The molecule has 1 rings (SSSR count). The summed E-state index contributed by atoms with van der Waals surface area (Å²) >= 11 is 3.57. The second-order valence-electron chi connectivity index (χ2n) is 3.12. The van der Waals surface area contributed by atoms with Crippen molar-refractivity contribution < 1.29 is 0 Å². The molecule has 0 bridgehead atoms. The van der Waals surface area contributed by atoms with Crippen LogP contribution in [0.15, 0.2) is 10.5 Å². The SMILES string of the molecule is Cc1cc(CN)c(C)c(Br)c1C.Cl. The maximum absolute atomic E-state index is 5.62. The summed E-state index contributed by atoms with van der Waals surface area (Å²) in [5.74, 6) is 0. The summed E-state index contributed by atoms with van der Waals surface area (Å²) in [6.45, 7) is 6.94. The van der Waals surface area contributed by atoms with Gasteiger partial charge in [-0.25, -0.2) is 0 Å². The van der Waals surface area contributed by atoms with E-state index in [2.05, 4.69) is 42.8 Å². The molecule has 0 aliphatic carbocycles. The molecule has 3 heteroatoms. The molecule has 0 saturated heterocycles. The molecule has 0 atom stereocenters. The van der Waals surface area contributed by atoms with Crippen LogP contribution in [0.3, 0.4) is 0 Å². The van der Waals surface area contributed by atoms with E-state index in [0.29, 0.717) is 6.54 Å². The van der Waals surface area contributed by atoms with Crippen LogP contribution >= 0.6 is 28.3 Å². The highest BCUT2D eigenvalue weighted by molar-refractivity contribution is 9.10. The molecule has 0 aliphatic rings. The molecular weight excluding hydrogens is 249 g/mol. The molecule has 0 amide bonds. The molecule has 0 unspecified atom stereocenters. The van der Waals surface area contributed by atoms with E-state index in [9.17, 15) is 0 Å². The number of nitrogens with two attached hydrogens (primary N) is 1. The van der Waals surface area contributed by atoms with E-state index in [1.807, 2.05) is 0 Å². The molecule has 1 nitrogen and oxygen atoms in total. The van der Waals surface area contributed by atoms with Crippen molar-refractivity contribution in [2.45, 2.75) is 27.3 Å². The van der Waals surface area contributed by atoms with Gasteiger partial charge in [-0.2, -0.15) is 0 Å². The third-order valence-electron chi connectivity index (χ3n) is 2.34. The van der Waals surface area contributed by atoms with Gasteiger partial charge in [0.25, 0.3) is 0 Å². The van der Waals surface area contributed by atoms with Gasteiger partial charge in [0.15, 0.2) is 0 Å². The van der Waals surface area contributed by atoms with Gasteiger partial charge in [0, 0.05) is 11.0 Å². The highest BCUT2D eigenvalue weighted by atomic mass is 79.9. The predicted molar refractivity (Wildman–Crippen MR) is 63.5 cm³/mol. The van der Waals surface area contributed by atoms with Gasteiger partial charge in [-0.3, -0.25) is 0 Å². The first-order chi connectivity index (χ1) is 5.57. The summed E-state index contributed by atoms with van der Waals surface area (Å²) in [5, 5.41) is 0. The minimum Gasteiger partial charge on any atom is -0.326 e. The van der Waals surface area contributed by atoms with Crippen LogP contribution in [0.2, 0.25) is 0 Å². The minimum absolute atomic E-state index is 0. The molecule has 0 heterocycles. The van der Waals surface area contributed by atoms with Gasteiger partial charge in [0.2, 0.25) is 0 Å². The second-order valence-corrected chi connectivity index (χ2v) is 3.91. The van der Waals surface area contributed by atoms with E-state index in [0.717, 1.165) is 0 Å². The molecule has 0 aromatic heterocycles. The van der Waals surface area contributed by atoms with E-state index >= 15 is 0 Å². The third kappa shape index (κ3) is 2.46. The Hall–Kier alpha value is -0.0500. The smallest absolute Gasteiger partial charge is 0.0239 e. The lowest BCUT2D eigenvalue weighted by atomic mass is 10.0. The zero-order valence-corrected chi connectivity index (χ0v) is 10.6. The second kappa shape index (κ2) is 4.99. The Labute approximate surface area is 94.3 Å². The van der Waals surface area contributed by atoms with Crippen LogP contribution in [0, 0.1) is 20.8 Å². The number of aryl methyl sites for hydroxylation is 1. The van der Waals surface area contributed by atoms with E-state index in [4.69, 9.17) is 5.73 Å². The molecule has 2 N–H and O–H groups in total. The summed E-state index contributed by atoms with van der Waals surface area (Å²) in [6.07, 6.45) is 0. The Morgan fingerprint density at radius 1 is 1.23 bits per heavy atom. The van der Waals surface area contributed by atoms with Gasteiger partial charge in [-0.15, -0.1) is 12.4 Å². The van der Waals surface area contributed by atoms with Crippen LogP contribution in [0.25, 0.3) is 0 Å². The highest BCUT2D eigenvalue weighted by Crippen LogP contribution is 2.26. The maximum Gasteiger partial charge on any atom is 0.0239 e. The standard InChI is InChI=1S/C10H14BrN.ClH/c1-6-4-9(5-12)8(3)10(11)7(6)2;/h4H,5,12H2,1-3H3;1H. The molecule has 0 spiro atoms. The van der Waals surface area contributed by atoms with Crippen LogP contribution in [0.1, 0.15) is 22.3 Å². The lowest BCUT2D eigenvalue weighted by Crippen LogP contribution is -2.01. The van der Waals surface area contributed by atoms with Crippen LogP contribution in [-0.2, 0) is 6.54 Å². The van der Waals surface area contributed by atoms with E-state index in [1.165, 1.54) is 26.7 Å². The van der Waals surface area contributed by atoms with Gasteiger partial charge in [-0.1, -0.05) is 22.0 Å². The number of hydrogen-bond acceptors (Lipinski definition) is 1. The van der Waals surface area contributed by atoms with E-state index < -0.39 is 0 Å². The molecule has 0 saturated carbocycles. The van der Waals surface area contributed by atoms with Crippen molar-refractivity contribution in [3.63, 3.8) is 0 Å². The van der Waals surface area contributed by atoms with Crippen molar-refractivity contribution in [2.24, 2.45) is 5.73 Å². The van der Waals surface area contributed by atoms with Crippen molar-refractivity contribution in [3.05, 3.63) is 32.8 Å². The number of hydrogen-bond donors (Lipinski definition) is 1. The molecule has 0 aliphatic heterocycles. The van der Waals surface area contributed by atoms with Gasteiger partial charge in [-0.05, 0) is 43.0 Å². The van der Waals surface area contributed by atoms with Gasteiger partial charge in [0.1, 0.15) is 0 Å². The largest absolute Gasteiger partial charge is 0.326 e.